The third-order valence-corrected chi connectivity index (χ3v) is 5.09. The number of ether oxygens (including phenoxy) is 2. The Bertz CT molecular complexity index is 954. The molecule has 4 rings (SSSR count). The fourth-order valence-corrected chi connectivity index (χ4v) is 3.89. The van der Waals surface area contributed by atoms with Crippen LogP contribution < -0.4 is 10.1 Å². The van der Waals surface area contributed by atoms with E-state index in [1.165, 1.54) is 24.5 Å². The summed E-state index contributed by atoms with van der Waals surface area (Å²) in [5.41, 5.74) is 0.0761. The Hall–Kier alpha value is -2.62. The molecule has 0 aliphatic carbocycles. The van der Waals surface area contributed by atoms with Crippen molar-refractivity contribution < 1.29 is 27.4 Å². The number of nitrogens with one attached hydrogen (secondary N) is 1. The molecule has 1 amide bonds. The summed E-state index contributed by atoms with van der Waals surface area (Å²) in [7, 11) is 0. The first-order chi connectivity index (χ1) is 13.5. The molecule has 3 heterocycles. The van der Waals surface area contributed by atoms with Crippen LogP contribution in [0.4, 0.5) is 18.0 Å². The van der Waals surface area contributed by atoms with Crippen LogP contribution in [-0.2, 0) is 4.74 Å². The van der Waals surface area contributed by atoms with Gasteiger partial charge in [0.05, 0.1) is 17.3 Å². The average molecular weight is 410 g/mol. The van der Waals surface area contributed by atoms with Crippen molar-refractivity contribution in [2.24, 2.45) is 5.41 Å². The maximum atomic E-state index is 12.7. The summed E-state index contributed by atoms with van der Waals surface area (Å²) in [5.74, 6) is -0.357. The summed E-state index contributed by atoms with van der Waals surface area (Å²) in [6.07, 6.45) is -3.93. The number of benzene rings is 1. The van der Waals surface area contributed by atoms with Crippen LogP contribution in [0.25, 0.3) is 10.9 Å². The highest BCUT2D eigenvalue weighted by Gasteiger charge is 2.60. The van der Waals surface area contributed by atoms with Crippen molar-refractivity contribution in [3.63, 3.8) is 0 Å². The van der Waals surface area contributed by atoms with E-state index < -0.39 is 24.1 Å². The number of aromatic nitrogens is 2. The lowest BCUT2D eigenvalue weighted by molar-refractivity contribution is -0.274. The van der Waals surface area contributed by atoms with Crippen LogP contribution in [-0.4, -0.2) is 52.6 Å². The first-order valence-electron chi connectivity index (χ1n) is 9.18. The zero-order valence-electron chi connectivity index (χ0n) is 16.2. The molecular formula is C19H21F3N4O3. The van der Waals surface area contributed by atoms with Crippen molar-refractivity contribution in [3.8, 4) is 5.75 Å². The van der Waals surface area contributed by atoms with Crippen LogP contribution in [0.15, 0.2) is 24.5 Å². The maximum Gasteiger partial charge on any atom is 0.573 e. The van der Waals surface area contributed by atoms with Gasteiger partial charge in [0.15, 0.2) is 0 Å². The van der Waals surface area contributed by atoms with Gasteiger partial charge in [-0.1, -0.05) is 0 Å². The third kappa shape index (κ3) is 3.68. The Labute approximate surface area is 165 Å². The molecule has 2 aliphatic rings. The van der Waals surface area contributed by atoms with E-state index in [9.17, 15) is 18.0 Å². The van der Waals surface area contributed by atoms with Crippen molar-refractivity contribution in [1.29, 1.82) is 0 Å². The second-order valence-corrected chi connectivity index (χ2v) is 8.46. The molecule has 2 saturated heterocycles. The molecule has 0 saturated carbocycles. The van der Waals surface area contributed by atoms with E-state index >= 15 is 0 Å². The van der Waals surface area contributed by atoms with Crippen molar-refractivity contribution in [2.45, 2.75) is 38.8 Å². The van der Waals surface area contributed by atoms with Gasteiger partial charge in [-0.25, -0.2) is 14.8 Å². The summed E-state index contributed by atoms with van der Waals surface area (Å²) in [5, 5.41) is 3.62. The van der Waals surface area contributed by atoms with Gasteiger partial charge >= 0.3 is 12.5 Å². The Morgan fingerprint density at radius 2 is 1.97 bits per heavy atom. The predicted octanol–water partition coefficient (Wildman–Crippen LogP) is 3.41. The summed E-state index contributed by atoms with van der Waals surface area (Å²) >= 11 is 0. The molecule has 1 spiro atoms. The van der Waals surface area contributed by atoms with Crippen molar-refractivity contribution in [2.75, 3.05) is 19.6 Å². The van der Waals surface area contributed by atoms with Crippen LogP contribution >= 0.6 is 0 Å². The minimum absolute atomic E-state index is 0.223. The number of carbonyl (C=O) groups excluding carboxylic acids is 1. The van der Waals surface area contributed by atoms with E-state index in [0.29, 0.717) is 36.2 Å². The summed E-state index contributed by atoms with van der Waals surface area (Å²) in [4.78, 5) is 22.8. The molecule has 7 nitrogen and oxygen atoms in total. The first kappa shape index (κ1) is 19.7. The molecule has 1 unspecified atom stereocenters. The normalized spacial score (nSPS) is 20.9. The van der Waals surface area contributed by atoms with Crippen LogP contribution in [0.1, 0.15) is 32.5 Å². The molecular weight excluding hydrogens is 389 g/mol. The van der Waals surface area contributed by atoms with Gasteiger partial charge < -0.3 is 14.8 Å². The van der Waals surface area contributed by atoms with Crippen molar-refractivity contribution in [3.05, 3.63) is 30.2 Å². The minimum Gasteiger partial charge on any atom is -0.444 e. The van der Waals surface area contributed by atoms with E-state index in [0.717, 1.165) is 0 Å². The van der Waals surface area contributed by atoms with Gasteiger partial charge in [-0.15, -0.1) is 13.2 Å². The molecule has 1 aromatic carbocycles. The number of hydrogen-bond acceptors (Lipinski definition) is 6. The van der Waals surface area contributed by atoms with Gasteiger partial charge in [0.1, 0.15) is 17.7 Å². The minimum atomic E-state index is -4.80. The second kappa shape index (κ2) is 6.45. The topological polar surface area (TPSA) is 76.6 Å². The SMILES string of the molecule is CC(C)(C)OC(=O)N1CC2(CNC2)C1c1ncnc2ccc(OC(F)(F)F)cc12. The highest BCUT2D eigenvalue weighted by atomic mass is 19.4. The number of halogens is 3. The Morgan fingerprint density at radius 1 is 1.24 bits per heavy atom. The zero-order valence-corrected chi connectivity index (χ0v) is 16.2. The molecule has 1 aromatic heterocycles. The van der Waals surface area contributed by atoms with Gasteiger partial charge in [0.2, 0.25) is 0 Å². The van der Waals surface area contributed by atoms with Crippen LogP contribution in [0.5, 0.6) is 5.75 Å². The molecule has 2 aliphatic heterocycles. The molecule has 29 heavy (non-hydrogen) atoms. The van der Waals surface area contributed by atoms with Gasteiger partial charge in [-0.3, -0.25) is 4.90 Å². The second-order valence-electron chi connectivity index (χ2n) is 8.46. The molecule has 10 heteroatoms. The largest absolute Gasteiger partial charge is 0.573 e. The monoisotopic (exact) mass is 410 g/mol. The summed E-state index contributed by atoms with van der Waals surface area (Å²) < 4.78 is 47.5. The molecule has 0 bridgehead atoms. The first-order valence-corrected chi connectivity index (χ1v) is 9.18. The highest BCUT2D eigenvalue weighted by molar-refractivity contribution is 5.84. The predicted molar refractivity (Wildman–Crippen MR) is 97.2 cm³/mol. The Morgan fingerprint density at radius 3 is 2.55 bits per heavy atom. The van der Waals surface area contributed by atoms with Crippen LogP contribution in [0, 0.1) is 5.41 Å². The quantitative estimate of drug-likeness (QED) is 0.818. The zero-order chi connectivity index (χ0) is 21.0. The lowest BCUT2D eigenvalue weighted by atomic mass is 9.65. The van der Waals surface area contributed by atoms with E-state index in [4.69, 9.17) is 4.74 Å². The van der Waals surface area contributed by atoms with Gasteiger partial charge in [0, 0.05) is 30.4 Å². The number of carbonyl (C=O) groups is 1. The van der Waals surface area contributed by atoms with Crippen LogP contribution in [0.3, 0.4) is 0 Å². The van der Waals surface area contributed by atoms with Gasteiger partial charge in [0.25, 0.3) is 0 Å². The summed E-state index contributed by atoms with van der Waals surface area (Å²) in [6, 6.07) is 3.50. The van der Waals surface area contributed by atoms with Crippen LogP contribution in [0.2, 0.25) is 0 Å². The molecule has 156 valence electrons. The third-order valence-electron chi connectivity index (χ3n) is 5.09. The molecule has 2 fully saturated rings. The van der Waals surface area contributed by atoms with Crippen molar-refractivity contribution >= 4 is 17.0 Å². The summed E-state index contributed by atoms with van der Waals surface area (Å²) in [6.45, 7) is 7.19. The van der Waals surface area contributed by atoms with Crippen molar-refractivity contribution in [1.82, 2.24) is 20.2 Å². The number of likely N-dealkylation sites (tertiary alicyclic amines) is 1. The number of rotatable bonds is 2. The lowest BCUT2D eigenvalue weighted by Crippen LogP contribution is -2.73. The van der Waals surface area contributed by atoms with E-state index in [1.54, 1.807) is 25.7 Å². The lowest BCUT2D eigenvalue weighted by Gasteiger charge is -2.61. The molecule has 1 N–H and O–H groups in total. The number of hydrogen-bond donors (Lipinski definition) is 1. The van der Waals surface area contributed by atoms with E-state index in [1.807, 2.05) is 0 Å². The molecule has 0 radical (unpaired) electrons. The number of amides is 1. The fraction of sp³-hybridized carbons (Fsp3) is 0.526. The van der Waals surface area contributed by atoms with E-state index in [2.05, 4.69) is 20.0 Å². The number of alkyl halides is 3. The standard InChI is InChI=1S/C19H21F3N4O3/c1-17(2,3)29-16(27)26-9-18(7-23-8-18)15(26)14-12-6-11(28-19(20,21)22)4-5-13(12)24-10-25-14/h4-6,10,15,23H,7-9H2,1-3H3. The maximum absolute atomic E-state index is 12.7. The Balaban J connectivity index is 1.74. The Kier molecular flexibility index (Phi) is 4.38. The molecule has 1 atom stereocenters. The average Bonchev–Trinajstić information content (AvgIpc) is 2.50. The highest BCUT2D eigenvalue weighted by Crippen LogP contribution is 2.52. The van der Waals surface area contributed by atoms with E-state index in [-0.39, 0.29) is 11.2 Å². The van der Waals surface area contributed by atoms with Gasteiger partial charge in [-0.2, -0.15) is 0 Å². The molecule has 2 aromatic rings. The fourth-order valence-electron chi connectivity index (χ4n) is 3.89. The number of nitrogens with zero attached hydrogens (tertiary/aromatic N) is 3. The van der Waals surface area contributed by atoms with Gasteiger partial charge in [-0.05, 0) is 39.0 Å². The number of fused-ring (bicyclic) bond motifs is 1. The smallest absolute Gasteiger partial charge is 0.444 e.